The van der Waals surface area contributed by atoms with E-state index in [1.807, 2.05) is 54.6 Å². The maximum Gasteiger partial charge on any atom is 0.174 e. The van der Waals surface area contributed by atoms with E-state index >= 15 is 0 Å². The van der Waals surface area contributed by atoms with Crippen LogP contribution in [0.4, 0.5) is 0 Å². The van der Waals surface area contributed by atoms with Gasteiger partial charge in [-0.1, -0.05) is 35.5 Å². The second-order valence-electron chi connectivity index (χ2n) is 5.71. The third-order valence-corrected chi connectivity index (χ3v) is 5.30. The van der Waals surface area contributed by atoms with E-state index < -0.39 is 0 Å². The molecule has 2 aromatic heterocycles. The highest BCUT2D eigenvalue weighted by Crippen LogP contribution is 2.30. The summed E-state index contributed by atoms with van der Waals surface area (Å²) in [5.74, 6) is 1.64. The average Bonchev–Trinajstić information content (AvgIpc) is 3.06. The molecule has 0 saturated heterocycles. The number of hydrogen-bond donors (Lipinski definition) is 0. The predicted molar refractivity (Wildman–Crippen MR) is 106 cm³/mol. The number of halogens is 1. The van der Waals surface area contributed by atoms with Crippen LogP contribution in [0.15, 0.2) is 72.1 Å². The van der Waals surface area contributed by atoms with Crippen LogP contribution in [0.3, 0.4) is 0 Å². The van der Waals surface area contributed by atoms with Gasteiger partial charge in [0.05, 0.1) is 18.8 Å². The summed E-state index contributed by atoms with van der Waals surface area (Å²) < 4.78 is 7.42. The van der Waals surface area contributed by atoms with Crippen molar-refractivity contribution in [3.8, 4) is 11.4 Å². The first-order valence-electron chi connectivity index (χ1n) is 8.09. The van der Waals surface area contributed by atoms with Crippen LogP contribution >= 0.6 is 23.4 Å². The molecule has 0 atom stereocenters. The molecule has 4 nitrogen and oxygen atoms in total. The number of thioether (sulfide) groups is 1. The fourth-order valence-corrected chi connectivity index (χ4v) is 3.83. The molecule has 0 radical (unpaired) electrons. The largest absolute Gasteiger partial charge is 0.497 e. The number of fused-ring (bicyclic) bond motifs is 1. The lowest BCUT2D eigenvalue weighted by molar-refractivity contribution is 0.414. The van der Waals surface area contributed by atoms with E-state index in [0.29, 0.717) is 0 Å². The number of ether oxygens (including phenoxy) is 1. The fraction of sp³-hybridized carbons (Fsp3) is 0.100. The summed E-state index contributed by atoms with van der Waals surface area (Å²) in [4.78, 5) is 8.97. The molecule has 4 rings (SSSR count). The molecule has 0 bridgehead atoms. The summed E-state index contributed by atoms with van der Waals surface area (Å²) in [7, 11) is 1.67. The minimum absolute atomic E-state index is 0.746. The van der Waals surface area contributed by atoms with E-state index in [4.69, 9.17) is 21.3 Å². The van der Waals surface area contributed by atoms with Crippen LogP contribution in [0.1, 0.15) is 5.56 Å². The Morgan fingerprint density at radius 3 is 2.54 bits per heavy atom. The Hall–Kier alpha value is -2.50. The van der Waals surface area contributed by atoms with Gasteiger partial charge in [-0.25, -0.2) is 4.98 Å². The van der Waals surface area contributed by atoms with E-state index in [0.717, 1.165) is 38.4 Å². The molecular weight excluding hydrogens is 366 g/mol. The molecule has 2 aromatic carbocycles. The lowest BCUT2D eigenvalue weighted by Crippen LogP contribution is -1.97. The van der Waals surface area contributed by atoms with E-state index in [-0.39, 0.29) is 0 Å². The SMILES string of the molecule is COc1ccc(-n2c(SCc3ccc(Cl)cc3)nc3cnccc32)cc1. The zero-order valence-electron chi connectivity index (χ0n) is 14.1. The summed E-state index contributed by atoms with van der Waals surface area (Å²) in [6, 6.07) is 17.9. The standard InChI is InChI=1S/C20H16ClN3OS/c1-25-17-8-6-16(7-9-17)24-19-10-11-22-12-18(19)23-20(24)26-13-14-2-4-15(21)5-3-14/h2-12H,13H2,1H3. The fourth-order valence-electron chi connectivity index (χ4n) is 2.72. The molecule has 0 spiro atoms. The second-order valence-corrected chi connectivity index (χ2v) is 7.09. The molecule has 0 aliphatic carbocycles. The highest BCUT2D eigenvalue weighted by molar-refractivity contribution is 7.98. The molecule has 0 unspecified atom stereocenters. The van der Waals surface area contributed by atoms with Crippen LogP contribution in [0.25, 0.3) is 16.7 Å². The van der Waals surface area contributed by atoms with Crippen molar-refractivity contribution in [1.29, 1.82) is 0 Å². The molecule has 130 valence electrons. The Bertz CT molecular complexity index is 1030. The van der Waals surface area contributed by atoms with E-state index in [1.165, 1.54) is 5.56 Å². The Balaban J connectivity index is 1.72. The maximum atomic E-state index is 5.97. The number of pyridine rings is 1. The Morgan fingerprint density at radius 2 is 1.81 bits per heavy atom. The number of hydrogen-bond acceptors (Lipinski definition) is 4. The van der Waals surface area contributed by atoms with Gasteiger partial charge in [-0.05, 0) is 48.0 Å². The molecule has 2 heterocycles. The number of nitrogens with zero attached hydrogens (tertiary/aromatic N) is 3. The quantitative estimate of drug-likeness (QED) is 0.435. The molecule has 6 heteroatoms. The third-order valence-electron chi connectivity index (χ3n) is 4.04. The second kappa shape index (κ2) is 7.40. The van der Waals surface area contributed by atoms with Crippen molar-refractivity contribution in [2.75, 3.05) is 7.11 Å². The van der Waals surface area contributed by atoms with Gasteiger partial charge < -0.3 is 4.74 Å². The third kappa shape index (κ3) is 3.41. The Morgan fingerprint density at radius 1 is 1.04 bits per heavy atom. The molecule has 4 aromatic rings. The molecule has 0 fully saturated rings. The lowest BCUT2D eigenvalue weighted by atomic mass is 10.2. The highest BCUT2D eigenvalue weighted by Gasteiger charge is 2.13. The predicted octanol–water partition coefficient (Wildman–Crippen LogP) is 5.37. The van der Waals surface area contributed by atoms with Crippen molar-refractivity contribution in [2.45, 2.75) is 10.9 Å². The normalized spacial score (nSPS) is 11.0. The topological polar surface area (TPSA) is 39.9 Å². The molecule has 0 N–H and O–H groups in total. The van der Waals surface area contributed by atoms with Crippen molar-refractivity contribution in [3.63, 3.8) is 0 Å². The van der Waals surface area contributed by atoms with Crippen molar-refractivity contribution < 1.29 is 4.74 Å². The first-order chi connectivity index (χ1) is 12.7. The number of methoxy groups -OCH3 is 1. The summed E-state index contributed by atoms with van der Waals surface area (Å²) in [6.07, 6.45) is 3.58. The first kappa shape index (κ1) is 16.9. The van der Waals surface area contributed by atoms with Crippen molar-refractivity contribution in [1.82, 2.24) is 14.5 Å². The highest BCUT2D eigenvalue weighted by atomic mass is 35.5. The van der Waals surface area contributed by atoms with Crippen molar-refractivity contribution in [3.05, 3.63) is 77.6 Å². The zero-order chi connectivity index (χ0) is 17.9. The smallest absolute Gasteiger partial charge is 0.174 e. The molecule has 0 aliphatic rings. The minimum atomic E-state index is 0.746. The Labute approximate surface area is 160 Å². The van der Waals surface area contributed by atoms with Gasteiger partial charge in [0.15, 0.2) is 5.16 Å². The minimum Gasteiger partial charge on any atom is -0.497 e. The van der Waals surface area contributed by atoms with Gasteiger partial charge >= 0.3 is 0 Å². The van der Waals surface area contributed by atoms with E-state index in [9.17, 15) is 0 Å². The molecule has 0 saturated carbocycles. The molecule has 0 aliphatic heterocycles. The zero-order valence-corrected chi connectivity index (χ0v) is 15.7. The summed E-state index contributed by atoms with van der Waals surface area (Å²) in [5.41, 5.74) is 4.15. The van der Waals surface area contributed by atoms with Gasteiger partial charge in [0, 0.05) is 22.7 Å². The van der Waals surface area contributed by atoms with Crippen LogP contribution in [0.5, 0.6) is 5.75 Å². The van der Waals surface area contributed by atoms with Crippen LogP contribution in [0.2, 0.25) is 5.02 Å². The van der Waals surface area contributed by atoms with Gasteiger partial charge in [0.2, 0.25) is 0 Å². The Kier molecular flexibility index (Phi) is 4.82. The monoisotopic (exact) mass is 381 g/mol. The first-order valence-corrected chi connectivity index (χ1v) is 9.45. The van der Waals surface area contributed by atoms with Gasteiger partial charge in [-0.2, -0.15) is 0 Å². The van der Waals surface area contributed by atoms with Gasteiger partial charge in [0.25, 0.3) is 0 Å². The number of benzene rings is 2. The molecule has 26 heavy (non-hydrogen) atoms. The van der Waals surface area contributed by atoms with E-state index in [2.05, 4.69) is 9.55 Å². The van der Waals surface area contributed by atoms with Crippen LogP contribution < -0.4 is 4.74 Å². The van der Waals surface area contributed by atoms with Crippen LogP contribution in [-0.4, -0.2) is 21.6 Å². The molecular formula is C20H16ClN3OS. The van der Waals surface area contributed by atoms with Crippen LogP contribution in [-0.2, 0) is 5.75 Å². The van der Waals surface area contributed by atoms with Crippen molar-refractivity contribution >= 4 is 34.4 Å². The summed E-state index contributed by atoms with van der Waals surface area (Å²) in [6.45, 7) is 0. The van der Waals surface area contributed by atoms with Crippen molar-refractivity contribution in [2.24, 2.45) is 0 Å². The summed E-state index contributed by atoms with van der Waals surface area (Å²) >= 11 is 7.66. The molecule has 0 amide bonds. The van der Waals surface area contributed by atoms with E-state index in [1.54, 1.807) is 31.3 Å². The lowest BCUT2D eigenvalue weighted by Gasteiger charge is -2.10. The van der Waals surface area contributed by atoms with Gasteiger partial charge in [-0.3, -0.25) is 9.55 Å². The van der Waals surface area contributed by atoms with Crippen LogP contribution in [0, 0.1) is 0 Å². The summed E-state index contributed by atoms with van der Waals surface area (Å²) in [5, 5.41) is 1.67. The number of imidazole rings is 1. The maximum absolute atomic E-state index is 5.97. The van der Waals surface area contributed by atoms with Gasteiger partial charge in [-0.15, -0.1) is 0 Å². The number of rotatable bonds is 5. The number of aromatic nitrogens is 3. The van der Waals surface area contributed by atoms with Gasteiger partial charge in [0.1, 0.15) is 11.3 Å². The average molecular weight is 382 g/mol.